The van der Waals surface area contributed by atoms with Crippen molar-refractivity contribution in [2.45, 2.75) is 219 Å². The molecule has 7 heteroatoms. The first-order chi connectivity index (χ1) is 20.3. The van der Waals surface area contributed by atoms with Crippen LogP contribution in [0.15, 0.2) is 0 Å². The van der Waals surface area contributed by atoms with Gasteiger partial charge in [-0.3, -0.25) is 0 Å². The van der Waals surface area contributed by atoms with Crippen LogP contribution in [0.4, 0.5) is 0 Å². The molecule has 0 aromatic heterocycles. The number of carbonyl (C=O) groups excluding carboxylic acids is 2. The maximum atomic E-state index is 10.2. The molecule has 6 nitrogen and oxygen atoms in total. The number of carboxylic acid groups (broad SMARTS) is 2. The van der Waals surface area contributed by atoms with E-state index in [9.17, 15) is 30.0 Å². The summed E-state index contributed by atoms with van der Waals surface area (Å²) in [4.78, 5) is 20.5. The molecule has 0 aliphatic rings. The van der Waals surface area contributed by atoms with Crippen LogP contribution in [0.1, 0.15) is 206 Å². The number of rotatable bonds is 32. The normalized spacial score (nSPS) is 12.2. The Hall–Kier alpha value is -0.218. The van der Waals surface area contributed by atoms with E-state index in [1.165, 1.54) is 103 Å². The van der Waals surface area contributed by atoms with E-state index < -0.39 is 11.9 Å². The number of carboxylic acids is 2. The maximum absolute atomic E-state index is 10.2. The molecule has 252 valence electrons. The summed E-state index contributed by atoms with van der Waals surface area (Å²) in [6.07, 6.45) is 31.8. The first-order valence-corrected chi connectivity index (χ1v) is 18.1. The predicted molar refractivity (Wildman–Crippen MR) is 172 cm³/mol. The van der Waals surface area contributed by atoms with Gasteiger partial charge in [0.25, 0.3) is 0 Å². The van der Waals surface area contributed by atoms with Gasteiger partial charge in [-0.05, 0) is 51.4 Å². The standard InChI is InChI=1S/2C18H36O3.Cd/c2*1-2-3-4-11-14-17(19)15-12-9-7-5-6-8-10-13-16-18(20)21;/h2*17,19H,2-16H2,1H3,(H,20,21);/q;;+2/p-2/t2*17-;/m11./s1. The van der Waals surface area contributed by atoms with Crippen molar-refractivity contribution in [1.82, 2.24) is 0 Å². The van der Waals surface area contributed by atoms with Gasteiger partial charge in [0.1, 0.15) is 0 Å². The van der Waals surface area contributed by atoms with E-state index in [2.05, 4.69) is 13.8 Å². The van der Waals surface area contributed by atoms with Gasteiger partial charge < -0.3 is 30.0 Å². The van der Waals surface area contributed by atoms with Crippen LogP contribution in [0, 0.1) is 0 Å². The molecule has 0 rings (SSSR count). The van der Waals surface area contributed by atoms with E-state index in [1.807, 2.05) is 0 Å². The monoisotopic (exact) mass is 712 g/mol. The number of aliphatic hydroxyl groups is 2. The largest absolute Gasteiger partial charge is 2.00 e. The number of aliphatic hydroxyl groups excluding tert-OH is 2. The summed E-state index contributed by atoms with van der Waals surface area (Å²) in [5.74, 6) is -1.86. The van der Waals surface area contributed by atoms with Crippen molar-refractivity contribution in [2.24, 2.45) is 0 Å². The molecule has 0 saturated carbocycles. The second-order valence-corrected chi connectivity index (χ2v) is 12.5. The second-order valence-electron chi connectivity index (χ2n) is 12.5. The first kappa shape index (κ1) is 47.2. The van der Waals surface area contributed by atoms with Crippen molar-refractivity contribution in [1.29, 1.82) is 0 Å². The van der Waals surface area contributed by atoms with E-state index in [4.69, 9.17) is 0 Å². The summed E-state index contributed by atoms with van der Waals surface area (Å²) >= 11 is 0. The third-order valence-electron chi connectivity index (χ3n) is 8.12. The number of hydrogen-bond donors (Lipinski definition) is 2. The Bertz CT molecular complexity index is 512. The second kappa shape index (κ2) is 39.8. The van der Waals surface area contributed by atoms with Gasteiger partial charge in [0, 0.05) is 11.9 Å². The molecule has 0 radical (unpaired) electrons. The van der Waals surface area contributed by atoms with Gasteiger partial charge in [0.05, 0.1) is 12.2 Å². The van der Waals surface area contributed by atoms with Gasteiger partial charge in [-0.25, -0.2) is 0 Å². The SMILES string of the molecule is CCCCCC[C@@H](O)CCCCCCCCCCC(=O)[O-].CCCCCC[C@@H](O)CCCCCCCCCCC(=O)[O-].[Cd+2]. The molecule has 0 heterocycles. The van der Waals surface area contributed by atoms with Crippen molar-refractivity contribution in [3.05, 3.63) is 0 Å². The number of unbranched alkanes of at least 4 members (excludes halogenated alkanes) is 20. The van der Waals surface area contributed by atoms with Crippen LogP contribution in [0.3, 0.4) is 0 Å². The summed E-state index contributed by atoms with van der Waals surface area (Å²) in [6.45, 7) is 4.42. The molecule has 0 unspecified atom stereocenters. The third kappa shape index (κ3) is 46.3. The maximum Gasteiger partial charge on any atom is 2.00 e. The third-order valence-corrected chi connectivity index (χ3v) is 8.12. The van der Waals surface area contributed by atoms with E-state index in [0.717, 1.165) is 77.0 Å². The van der Waals surface area contributed by atoms with E-state index >= 15 is 0 Å². The van der Waals surface area contributed by atoms with Crippen LogP contribution in [0.25, 0.3) is 0 Å². The summed E-state index contributed by atoms with van der Waals surface area (Å²) in [5.41, 5.74) is 0. The number of carbonyl (C=O) groups is 2. The van der Waals surface area contributed by atoms with Crippen molar-refractivity contribution in [2.75, 3.05) is 0 Å². The van der Waals surface area contributed by atoms with Gasteiger partial charge in [-0.1, -0.05) is 155 Å². The van der Waals surface area contributed by atoms with Crippen LogP contribution in [-0.4, -0.2) is 34.4 Å². The van der Waals surface area contributed by atoms with Gasteiger partial charge in [-0.2, -0.15) is 0 Å². The fraction of sp³-hybridized carbons (Fsp3) is 0.944. The molecular weight excluding hydrogens is 641 g/mol. The first-order valence-electron chi connectivity index (χ1n) is 18.1. The van der Waals surface area contributed by atoms with E-state index in [-0.39, 0.29) is 52.3 Å². The van der Waals surface area contributed by atoms with Gasteiger partial charge in [-0.15, -0.1) is 0 Å². The summed E-state index contributed by atoms with van der Waals surface area (Å²) in [7, 11) is 0. The number of aliphatic carboxylic acids is 2. The van der Waals surface area contributed by atoms with Crippen molar-refractivity contribution in [3.63, 3.8) is 0 Å². The van der Waals surface area contributed by atoms with E-state index in [1.54, 1.807) is 0 Å². The molecule has 0 aromatic rings. The summed E-state index contributed by atoms with van der Waals surface area (Å²) in [5, 5.41) is 40.1. The molecule has 0 aromatic carbocycles. The zero-order valence-electron chi connectivity index (χ0n) is 28.6. The van der Waals surface area contributed by atoms with Crippen molar-refractivity contribution < 1.29 is 57.3 Å². The molecule has 2 atom stereocenters. The molecular formula is C36H70CdO6. The van der Waals surface area contributed by atoms with Crippen LogP contribution in [0.5, 0.6) is 0 Å². The molecule has 0 amide bonds. The molecule has 0 aliphatic heterocycles. The van der Waals surface area contributed by atoms with Gasteiger partial charge in [0.2, 0.25) is 0 Å². The molecule has 2 N–H and O–H groups in total. The zero-order valence-corrected chi connectivity index (χ0v) is 32.6. The van der Waals surface area contributed by atoms with Crippen LogP contribution < -0.4 is 10.2 Å². The Balaban J connectivity index is -0.000000727. The minimum Gasteiger partial charge on any atom is -0.550 e. The Morgan fingerprint density at radius 2 is 0.628 bits per heavy atom. The Kier molecular flexibility index (Phi) is 43.7. The summed E-state index contributed by atoms with van der Waals surface area (Å²) in [6, 6.07) is 0. The zero-order chi connectivity index (χ0) is 31.5. The topological polar surface area (TPSA) is 121 Å². The Labute approximate surface area is 286 Å². The van der Waals surface area contributed by atoms with E-state index in [0.29, 0.717) is 0 Å². The Morgan fingerprint density at radius 3 is 0.860 bits per heavy atom. The molecule has 0 saturated heterocycles. The van der Waals surface area contributed by atoms with Crippen LogP contribution >= 0.6 is 0 Å². The average Bonchev–Trinajstić information content (AvgIpc) is 2.95. The van der Waals surface area contributed by atoms with Gasteiger partial charge in [0.15, 0.2) is 0 Å². The molecule has 43 heavy (non-hydrogen) atoms. The van der Waals surface area contributed by atoms with Gasteiger partial charge >= 0.3 is 27.3 Å². The van der Waals surface area contributed by atoms with Crippen LogP contribution in [-0.2, 0) is 36.9 Å². The minimum absolute atomic E-state index is 0. The van der Waals surface area contributed by atoms with Crippen molar-refractivity contribution in [3.8, 4) is 0 Å². The fourth-order valence-electron chi connectivity index (χ4n) is 5.32. The smallest absolute Gasteiger partial charge is 0.550 e. The minimum atomic E-state index is -0.928. The fourth-order valence-corrected chi connectivity index (χ4v) is 5.32. The molecule has 0 spiro atoms. The van der Waals surface area contributed by atoms with Crippen molar-refractivity contribution >= 4 is 11.9 Å². The van der Waals surface area contributed by atoms with Crippen LogP contribution in [0.2, 0.25) is 0 Å². The number of hydrogen-bond acceptors (Lipinski definition) is 6. The predicted octanol–water partition coefficient (Wildman–Crippen LogP) is 7.93. The summed E-state index contributed by atoms with van der Waals surface area (Å²) < 4.78 is 0. The average molecular weight is 711 g/mol. The Morgan fingerprint density at radius 1 is 0.419 bits per heavy atom. The molecule has 0 aliphatic carbocycles. The molecule has 0 fully saturated rings. The quantitative estimate of drug-likeness (QED) is 0.0540. The molecule has 0 bridgehead atoms.